The molecule has 1 aliphatic carbocycles. The number of benzene rings is 1. The van der Waals surface area contributed by atoms with Crippen LogP contribution < -0.4 is 14.8 Å². The Morgan fingerprint density at radius 1 is 1.19 bits per heavy atom. The quantitative estimate of drug-likeness (QED) is 0.594. The monoisotopic (exact) mass is 435 g/mol. The van der Waals surface area contributed by atoms with Gasteiger partial charge in [-0.25, -0.2) is 14.5 Å². The first kappa shape index (κ1) is 20.3. The molecule has 5 rings (SSSR count). The highest BCUT2D eigenvalue weighted by atomic mass is 16.7. The van der Waals surface area contributed by atoms with Crippen molar-refractivity contribution in [2.75, 3.05) is 11.9 Å². The fraction of sp³-hybridized carbons (Fsp3) is 0.391. The van der Waals surface area contributed by atoms with Crippen LogP contribution in [0.15, 0.2) is 30.5 Å². The highest BCUT2D eigenvalue weighted by molar-refractivity contribution is 5.95. The van der Waals surface area contributed by atoms with Crippen molar-refractivity contribution >= 4 is 17.5 Å². The Labute approximate surface area is 185 Å². The Bertz CT molecular complexity index is 1180. The van der Waals surface area contributed by atoms with Crippen molar-refractivity contribution in [1.82, 2.24) is 19.7 Å². The molecule has 3 aromatic rings. The second kappa shape index (κ2) is 7.81. The summed E-state index contributed by atoms with van der Waals surface area (Å²) < 4.78 is 19.1. The predicted octanol–water partition coefficient (Wildman–Crippen LogP) is 4.24. The highest BCUT2D eigenvalue weighted by Gasteiger charge is 2.44. The largest absolute Gasteiger partial charge is 0.462 e. The number of anilines is 2. The van der Waals surface area contributed by atoms with Gasteiger partial charge in [-0.2, -0.15) is 10.1 Å². The molecule has 1 saturated carbocycles. The van der Waals surface area contributed by atoms with Crippen molar-refractivity contribution in [3.05, 3.63) is 47.4 Å². The van der Waals surface area contributed by atoms with Gasteiger partial charge in [-0.05, 0) is 51.8 Å². The van der Waals surface area contributed by atoms with E-state index < -0.39 is 11.8 Å². The van der Waals surface area contributed by atoms with Crippen molar-refractivity contribution in [2.45, 2.75) is 52.2 Å². The SMILES string of the molecule is CCOC(=O)c1cnc(-n2nc(C)cc2C)nc1Nc1ccc2c(c1)OC1(CCCC1)O2. The second-order valence-corrected chi connectivity index (χ2v) is 8.10. The van der Waals surface area contributed by atoms with Crippen LogP contribution in [0.1, 0.15) is 54.4 Å². The minimum atomic E-state index is -0.533. The maximum absolute atomic E-state index is 12.5. The van der Waals surface area contributed by atoms with Gasteiger partial charge in [0.15, 0.2) is 17.3 Å². The molecule has 0 atom stereocenters. The van der Waals surface area contributed by atoms with Crippen LogP contribution in [0.25, 0.3) is 5.95 Å². The van der Waals surface area contributed by atoms with Gasteiger partial charge in [0.2, 0.25) is 0 Å². The maximum Gasteiger partial charge on any atom is 0.343 e. The van der Waals surface area contributed by atoms with Crippen LogP contribution in [0, 0.1) is 13.8 Å². The van der Waals surface area contributed by atoms with Gasteiger partial charge in [0.05, 0.1) is 12.3 Å². The molecule has 32 heavy (non-hydrogen) atoms. The van der Waals surface area contributed by atoms with Gasteiger partial charge in [-0.3, -0.25) is 0 Å². The van der Waals surface area contributed by atoms with E-state index in [1.54, 1.807) is 11.6 Å². The molecule has 1 aliphatic heterocycles. The van der Waals surface area contributed by atoms with E-state index in [-0.39, 0.29) is 12.2 Å². The zero-order chi connectivity index (χ0) is 22.3. The van der Waals surface area contributed by atoms with Crippen LogP contribution in [0.5, 0.6) is 11.5 Å². The zero-order valence-corrected chi connectivity index (χ0v) is 18.3. The molecule has 166 valence electrons. The Morgan fingerprint density at radius 3 is 2.69 bits per heavy atom. The number of aromatic nitrogens is 4. The molecule has 3 heterocycles. The average molecular weight is 435 g/mol. The van der Waals surface area contributed by atoms with Crippen LogP contribution >= 0.6 is 0 Å². The summed E-state index contributed by atoms with van der Waals surface area (Å²) in [6, 6.07) is 7.54. The lowest BCUT2D eigenvalue weighted by Crippen LogP contribution is -2.34. The third-order valence-electron chi connectivity index (χ3n) is 5.63. The summed E-state index contributed by atoms with van der Waals surface area (Å²) >= 11 is 0. The molecule has 1 fully saturated rings. The Morgan fingerprint density at radius 2 is 1.97 bits per heavy atom. The lowest BCUT2D eigenvalue weighted by molar-refractivity contribution is -0.0716. The lowest BCUT2D eigenvalue weighted by atomic mass is 10.2. The van der Waals surface area contributed by atoms with E-state index in [9.17, 15) is 4.79 Å². The van der Waals surface area contributed by atoms with Crippen molar-refractivity contribution in [3.8, 4) is 17.4 Å². The Balaban J connectivity index is 1.48. The molecule has 1 N–H and O–H groups in total. The van der Waals surface area contributed by atoms with Crippen molar-refractivity contribution < 1.29 is 19.0 Å². The van der Waals surface area contributed by atoms with Crippen LogP contribution in [0.3, 0.4) is 0 Å². The summed E-state index contributed by atoms with van der Waals surface area (Å²) in [5, 5.41) is 7.67. The summed E-state index contributed by atoms with van der Waals surface area (Å²) in [7, 11) is 0. The third-order valence-corrected chi connectivity index (χ3v) is 5.63. The van der Waals surface area contributed by atoms with E-state index in [1.165, 1.54) is 6.20 Å². The van der Waals surface area contributed by atoms with Gasteiger partial charge in [0.25, 0.3) is 11.7 Å². The van der Waals surface area contributed by atoms with E-state index in [4.69, 9.17) is 14.2 Å². The smallest absolute Gasteiger partial charge is 0.343 e. The molecule has 9 nitrogen and oxygen atoms in total. The number of nitrogens with one attached hydrogen (secondary N) is 1. The molecular weight excluding hydrogens is 410 g/mol. The second-order valence-electron chi connectivity index (χ2n) is 8.10. The number of esters is 1. The van der Waals surface area contributed by atoms with Crippen molar-refractivity contribution in [1.29, 1.82) is 0 Å². The van der Waals surface area contributed by atoms with Gasteiger partial charge >= 0.3 is 5.97 Å². The van der Waals surface area contributed by atoms with Crippen LogP contribution in [-0.2, 0) is 4.74 Å². The van der Waals surface area contributed by atoms with Crippen molar-refractivity contribution in [3.63, 3.8) is 0 Å². The number of ether oxygens (including phenoxy) is 3. The fourth-order valence-corrected chi connectivity index (χ4v) is 4.19. The third kappa shape index (κ3) is 3.63. The first-order chi connectivity index (χ1) is 15.5. The first-order valence-corrected chi connectivity index (χ1v) is 10.8. The number of carbonyl (C=O) groups is 1. The number of nitrogens with zero attached hydrogens (tertiary/aromatic N) is 4. The molecule has 2 aromatic heterocycles. The number of carbonyl (C=O) groups excluding carboxylic acids is 1. The summed E-state index contributed by atoms with van der Waals surface area (Å²) in [5.41, 5.74) is 2.70. The van der Waals surface area contributed by atoms with E-state index in [1.807, 2.05) is 38.1 Å². The van der Waals surface area contributed by atoms with E-state index in [0.29, 0.717) is 23.2 Å². The number of fused-ring (bicyclic) bond motifs is 1. The first-order valence-electron chi connectivity index (χ1n) is 10.8. The van der Waals surface area contributed by atoms with Gasteiger partial charge in [-0.15, -0.1) is 0 Å². The van der Waals surface area contributed by atoms with Crippen LogP contribution in [-0.4, -0.2) is 38.1 Å². The maximum atomic E-state index is 12.5. The highest BCUT2D eigenvalue weighted by Crippen LogP contribution is 2.47. The van der Waals surface area contributed by atoms with Gasteiger partial charge < -0.3 is 19.5 Å². The normalized spacial score (nSPS) is 15.8. The molecule has 0 saturated heterocycles. The Kier molecular flexibility index (Phi) is 4.96. The molecule has 0 radical (unpaired) electrons. The van der Waals surface area contributed by atoms with Gasteiger partial charge in [0.1, 0.15) is 5.56 Å². The predicted molar refractivity (Wildman–Crippen MR) is 117 cm³/mol. The number of aryl methyl sites for hydroxylation is 2. The molecule has 2 aliphatic rings. The molecule has 0 unspecified atom stereocenters. The number of hydrogen-bond acceptors (Lipinski definition) is 8. The average Bonchev–Trinajstić information content (AvgIpc) is 3.46. The fourth-order valence-electron chi connectivity index (χ4n) is 4.19. The van der Waals surface area contributed by atoms with E-state index >= 15 is 0 Å². The summed E-state index contributed by atoms with van der Waals surface area (Å²) in [5.74, 6) is 1.07. The molecule has 1 spiro atoms. The number of rotatable bonds is 5. The minimum Gasteiger partial charge on any atom is -0.462 e. The molecule has 9 heteroatoms. The van der Waals surface area contributed by atoms with Crippen molar-refractivity contribution in [2.24, 2.45) is 0 Å². The van der Waals surface area contributed by atoms with Crippen LogP contribution in [0.2, 0.25) is 0 Å². The van der Waals surface area contributed by atoms with E-state index in [2.05, 4.69) is 20.4 Å². The molecule has 1 aromatic carbocycles. The van der Waals surface area contributed by atoms with E-state index in [0.717, 1.165) is 42.8 Å². The molecule has 0 amide bonds. The standard InChI is InChI=1S/C23H25N5O4/c1-4-30-21(29)17-13-24-22(28-15(3)11-14(2)27-28)26-20(17)25-16-7-8-18-19(12-16)32-23(31-18)9-5-6-10-23/h7-8,11-13H,4-6,9-10H2,1-3H3,(H,24,25,26). The molecule has 0 bridgehead atoms. The lowest BCUT2D eigenvalue weighted by Gasteiger charge is -2.21. The summed E-state index contributed by atoms with van der Waals surface area (Å²) in [6.07, 6.45) is 5.42. The molecular formula is C23H25N5O4. The zero-order valence-electron chi connectivity index (χ0n) is 18.3. The number of hydrogen-bond donors (Lipinski definition) is 1. The van der Waals surface area contributed by atoms with Gasteiger partial charge in [0, 0.05) is 36.5 Å². The summed E-state index contributed by atoms with van der Waals surface area (Å²) in [6.45, 7) is 5.84. The Hall–Kier alpha value is -3.62. The minimum absolute atomic E-state index is 0.238. The summed E-state index contributed by atoms with van der Waals surface area (Å²) in [4.78, 5) is 21.4. The van der Waals surface area contributed by atoms with Crippen LogP contribution in [0.4, 0.5) is 11.5 Å². The topological polar surface area (TPSA) is 100 Å². The van der Waals surface area contributed by atoms with Gasteiger partial charge in [-0.1, -0.05) is 0 Å².